The summed E-state index contributed by atoms with van der Waals surface area (Å²) in [7, 11) is 0. The lowest BCUT2D eigenvalue weighted by Crippen LogP contribution is -2.12. The van der Waals surface area contributed by atoms with Crippen molar-refractivity contribution in [1.82, 2.24) is 0 Å². The van der Waals surface area contributed by atoms with E-state index in [1.54, 1.807) is 11.3 Å². The Labute approximate surface area is 145 Å². The van der Waals surface area contributed by atoms with Gasteiger partial charge < -0.3 is 10.1 Å². The first-order chi connectivity index (χ1) is 11.6. The predicted octanol–water partition coefficient (Wildman–Crippen LogP) is 5.45. The lowest BCUT2D eigenvalue weighted by molar-refractivity contribution is 0.102. The fourth-order valence-corrected chi connectivity index (χ4v) is 3.08. The molecule has 1 aromatic heterocycles. The Bertz CT molecular complexity index is 808. The fourth-order valence-electron chi connectivity index (χ4n) is 2.35. The van der Waals surface area contributed by atoms with E-state index >= 15 is 0 Å². The lowest BCUT2D eigenvalue weighted by atomic mass is 10.1. The number of carbonyl (C=O) groups excluding carboxylic acids is 1. The number of amides is 1. The molecule has 0 bridgehead atoms. The number of thiophene rings is 1. The van der Waals surface area contributed by atoms with Gasteiger partial charge in [0.15, 0.2) is 0 Å². The maximum atomic E-state index is 12.4. The molecule has 2 aromatic carbocycles. The molecule has 0 aliphatic carbocycles. The highest BCUT2D eigenvalue weighted by atomic mass is 32.1. The summed E-state index contributed by atoms with van der Waals surface area (Å²) in [4.78, 5) is 13.6. The third kappa shape index (κ3) is 4.03. The molecular weight excluding hydrogens is 318 g/mol. The van der Waals surface area contributed by atoms with Crippen molar-refractivity contribution in [1.29, 1.82) is 0 Å². The third-order valence-corrected chi connectivity index (χ3v) is 4.34. The van der Waals surface area contributed by atoms with Crippen molar-refractivity contribution in [2.45, 2.75) is 20.0 Å². The fraction of sp³-hybridized carbons (Fsp3) is 0.150. The van der Waals surface area contributed by atoms with Crippen molar-refractivity contribution in [3.63, 3.8) is 0 Å². The average Bonchev–Trinajstić information content (AvgIpc) is 3.09. The Morgan fingerprint density at radius 3 is 2.50 bits per heavy atom. The normalized spacial score (nSPS) is 10.6. The standard InChI is InChI=1S/C20H19NO2S/c1-14(2)23-18-6-3-5-17(13-18)21-20(22)16-10-8-15(9-11-16)19-7-4-12-24-19/h3-14H,1-2H3,(H,21,22). The molecule has 0 saturated heterocycles. The second-order valence-electron chi connectivity index (χ2n) is 5.70. The second kappa shape index (κ2) is 7.32. The molecule has 0 radical (unpaired) electrons. The van der Waals surface area contributed by atoms with Gasteiger partial charge in [0, 0.05) is 22.2 Å². The predicted molar refractivity (Wildman–Crippen MR) is 99.9 cm³/mol. The molecule has 1 N–H and O–H groups in total. The van der Waals surface area contributed by atoms with E-state index in [2.05, 4.69) is 11.4 Å². The monoisotopic (exact) mass is 337 g/mol. The highest BCUT2D eigenvalue weighted by molar-refractivity contribution is 7.13. The minimum atomic E-state index is -0.130. The van der Waals surface area contributed by atoms with Gasteiger partial charge in [0.05, 0.1) is 6.10 Å². The summed E-state index contributed by atoms with van der Waals surface area (Å²) >= 11 is 1.68. The summed E-state index contributed by atoms with van der Waals surface area (Å²) in [6.07, 6.45) is 0.0979. The highest BCUT2D eigenvalue weighted by Crippen LogP contribution is 2.25. The molecule has 3 rings (SSSR count). The van der Waals surface area contributed by atoms with Crippen molar-refractivity contribution in [2.24, 2.45) is 0 Å². The summed E-state index contributed by atoms with van der Waals surface area (Å²) in [5.74, 6) is 0.616. The number of carbonyl (C=O) groups is 1. The van der Waals surface area contributed by atoms with Crippen molar-refractivity contribution >= 4 is 22.9 Å². The van der Waals surface area contributed by atoms with Crippen LogP contribution in [0.15, 0.2) is 66.0 Å². The number of nitrogens with one attached hydrogen (secondary N) is 1. The van der Waals surface area contributed by atoms with Gasteiger partial charge in [-0.05, 0) is 55.1 Å². The molecule has 0 aliphatic rings. The Hall–Kier alpha value is -2.59. The molecule has 3 aromatic rings. The van der Waals surface area contributed by atoms with Crippen molar-refractivity contribution < 1.29 is 9.53 Å². The zero-order chi connectivity index (χ0) is 16.9. The molecule has 0 atom stereocenters. The van der Waals surface area contributed by atoms with Crippen LogP contribution in [0.5, 0.6) is 5.75 Å². The van der Waals surface area contributed by atoms with Crippen LogP contribution in [0.2, 0.25) is 0 Å². The zero-order valence-corrected chi connectivity index (χ0v) is 14.5. The first kappa shape index (κ1) is 16.3. The molecule has 24 heavy (non-hydrogen) atoms. The summed E-state index contributed by atoms with van der Waals surface area (Å²) in [6.45, 7) is 3.95. The number of rotatable bonds is 5. The SMILES string of the molecule is CC(C)Oc1cccc(NC(=O)c2ccc(-c3cccs3)cc2)c1. The van der Waals surface area contributed by atoms with Gasteiger partial charge in [-0.25, -0.2) is 0 Å². The maximum Gasteiger partial charge on any atom is 0.255 e. The molecule has 0 unspecified atom stereocenters. The van der Waals surface area contributed by atoms with Gasteiger partial charge in [-0.2, -0.15) is 0 Å². The largest absolute Gasteiger partial charge is 0.491 e. The summed E-state index contributed by atoms with van der Waals surface area (Å²) < 4.78 is 5.65. The van der Waals surface area contributed by atoms with Crippen LogP contribution >= 0.6 is 11.3 Å². The Balaban J connectivity index is 1.71. The van der Waals surface area contributed by atoms with Crippen LogP contribution < -0.4 is 10.1 Å². The van der Waals surface area contributed by atoms with Crippen LogP contribution in [0.1, 0.15) is 24.2 Å². The molecule has 122 valence electrons. The summed E-state index contributed by atoms with van der Waals surface area (Å²) in [6, 6.07) is 19.2. The first-order valence-corrected chi connectivity index (χ1v) is 8.72. The van der Waals surface area contributed by atoms with Gasteiger partial charge in [0.25, 0.3) is 5.91 Å². The molecule has 1 heterocycles. The summed E-state index contributed by atoms with van der Waals surface area (Å²) in [5, 5.41) is 4.95. The van der Waals surface area contributed by atoms with Crippen molar-refractivity contribution in [3.8, 4) is 16.2 Å². The minimum Gasteiger partial charge on any atom is -0.491 e. The van der Waals surface area contributed by atoms with Crippen LogP contribution in [-0.2, 0) is 0 Å². The van der Waals surface area contributed by atoms with Crippen LogP contribution in [0.25, 0.3) is 10.4 Å². The zero-order valence-electron chi connectivity index (χ0n) is 13.7. The number of benzene rings is 2. The quantitative estimate of drug-likeness (QED) is 0.672. The van der Waals surface area contributed by atoms with Gasteiger partial charge in [-0.1, -0.05) is 24.3 Å². The van der Waals surface area contributed by atoms with Gasteiger partial charge >= 0.3 is 0 Å². The molecule has 0 saturated carbocycles. The molecule has 1 amide bonds. The molecule has 0 spiro atoms. The number of hydrogen-bond acceptors (Lipinski definition) is 3. The molecule has 0 fully saturated rings. The van der Waals surface area contributed by atoms with Gasteiger partial charge in [-0.3, -0.25) is 4.79 Å². The Morgan fingerprint density at radius 2 is 1.83 bits per heavy atom. The number of hydrogen-bond donors (Lipinski definition) is 1. The van der Waals surface area contributed by atoms with E-state index in [0.29, 0.717) is 5.56 Å². The molecular formula is C20H19NO2S. The molecule has 3 nitrogen and oxygen atoms in total. The topological polar surface area (TPSA) is 38.3 Å². The Morgan fingerprint density at radius 1 is 1.04 bits per heavy atom. The first-order valence-electron chi connectivity index (χ1n) is 7.84. The average molecular weight is 337 g/mol. The van der Waals surface area contributed by atoms with E-state index < -0.39 is 0 Å². The van der Waals surface area contributed by atoms with Crippen LogP contribution in [0, 0.1) is 0 Å². The summed E-state index contributed by atoms with van der Waals surface area (Å²) in [5.41, 5.74) is 2.47. The van der Waals surface area contributed by atoms with Gasteiger partial charge in [0.2, 0.25) is 0 Å². The van der Waals surface area contributed by atoms with E-state index in [-0.39, 0.29) is 12.0 Å². The van der Waals surface area contributed by atoms with E-state index in [9.17, 15) is 4.79 Å². The van der Waals surface area contributed by atoms with Gasteiger partial charge in [0.1, 0.15) is 5.75 Å². The maximum absolute atomic E-state index is 12.4. The Kier molecular flexibility index (Phi) is 4.96. The van der Waals surface area contributed by atoms with E-state index in [1.807, 2.05) is 73.8 Å². The number of ether oxygens (including phenoxy) is 1. The molecule has 0 aliphatic heterocycles. The van der Waals surface area contributed by atoms with Crippen molar-refractivity contribution in [3.05, 3.63) is 71.6 Å². The number of anilines is 1. The van der Waals surface area contributed by atoms with E-state index in [1.165, 1.54) is 4.88 Å². The van der Waals surface area contributed by atoms with Crippen molar-refractivity contribution in [2.75, 3.05) is 5.32 Å². The smallest absolute Gasteiger partial charge is 0.255 e. The lowest BCUT2D eigenvalue weighted by Gasteiger charge is -2.11. The van der Waals surface area contributed by atoms with Crippen LogP contribution in [0.3, 0.4) is 0 Å². The second-order valence-corrected chi connectivity index (χ2v) is 6.65. The third-order valence-electron chi connectivity index (χ3n) is 3.42. The van der Waals surface area contributed by atoms with E-state index in [4.69, 9.17) is 4.74 Å². The van der Waals surface area contributed by atoms with Crippen LogP contribution in [0.4, 0.5) is 5.69 Å². The molecule has 4 heteroatoms. The van der Waals surface area contributed by atoms with E-state index in [0.717, 1.165) is 17.0 Å². The minimum absolute atomic E-state index is 0.0979. The van der Waals surface area contributed by atoms with Crippen LogP contribution in [-0.4, -0.2) is 12.0 Å². The van der Waals surface area contributed by atoms with Gasteiger partial charge in [-0.15, -0.1) is 11.3 Å². The highest BCUT2D eigenvalue weighted by Gasteiger charge is 2.08.